The highest BCUT2D eigenvalue weighted by Gasteiger charge is 2.16. The van der Waals surface area contributed by atoms with Crippen molar-refractivity contribution < 1.29 is 18.0 Å². The molecular weight excluding hydrogens is 324 g/mol. The molecule has 0 radical (unpaired) electrons. The van der Waals surface area contributed by atoms with Crippen LogP contribution in [0.5, 0.6) is 0 Å². The summed E-state index contributed by atoms with van der Waals surface area (Å²) in [5.74, 6) is -1.57. The predicted octanol–water partition coefficient (Wildman–Crippen LogP) is 4.75. The van der Waals surface area contributed by atoms with Crippen LogP contribution in [0.25, 0.3) is 11.0 Å². The van der Waals surface area contributed by atoms with Crippen LogP contribution in [-0.2, 0) is 11.2 Å². The average Bonchev–Trinajstić information content (AvgIpc) is 2.89. The second kappa shape index (κ2) is 6.67. The smallest absolute Gasteiger partial charge is 0.225 e. The van der Waals surface area contributed by atoms with E-state index in [1.165, 1.54) is 12.1 Å². The summed E-state index contributed by atoms with van der Waals surface area (Å²) >= 11 is 0. The van der Waals surface area contributed by atoms with Crippen LogP contribution in [0.4, 0.5) is 8.78 Å². The average molecular weight is 343 g/mol. The van der Waals surface area contributed by atoms with Gasteiger partial charge in [0.15, 0.2) is 0 Å². The number of amides is 1. The Hall–Kier alpha value is -2.69. The molecule has 0 aliphatic heterocycles. The molecule has 0 bridgehead atoms. The quantitative estimate of drug-likeness (QED) is 0.743. The highest BCUT2D eigenvalue weighted by molar-refractivity contribution is 5.88. The van der Waals surface area contributed by atoms with Crippen LogP contribution in [0.1, 0.15) is 35.2 Å². The first-order valence-corrected chi connectivity index (χ1v) is 8.07. The first kappa shape index (κ1) is 17.1. The Morgan fingerprint density at radius 3 is 2.60 bits per heavy atom. The SMILES string of the molecule is Cc1cc2occ(CC(=O)NC(C)c3ccc(F)cc3F)c2cc1C. The van der Waals surface area contributed by atoms with Crippen LogP contribution in [0, 0.1) is 25.5 Å². The van der Waals surface area contributed by atoms with E-state index in [-0.39, 0.29) is 17.9 Å². The molecule has 3 rings (SSSR count). The van der Waals surface area contributed by atoms with Crippen molar-refractivity contribution in [2.75, 3.05) is 0 Å². The molecule has 5 heteroatoms. The van der Waals surface area contributed by atoms with Crippen LogP contribution in [-0.4, -0.2) is 5.91 Å². The van der Waals surface area contributed by atoms with Gasteiger partial charge in [0.2, 0.25) is 5.91 Å². The largest absolute Gasteiger partial charge is 0.464 e. The number of carbonyl (C=O) groups excluding carboxylic acids is 1. The number of furan rings is 1. The summed E-state index contributed by atoms with van der Waals surface area (Å²) < 4.78 is 32.3. The predicted molar refractivity (Wildman–Crippen MR) is 92.3 cm³/mol. The normalized spacial score (nSPS) is 12.4. The fraction of sp³-hybridized carbons (Fsp3) is 0.250. The van der Waals surface area contributed by atoms with Crippen molar-refractivity contribution in [1.82, 2.24) is 5.32 Å². The van der Waals surface area contributed by atoms with Crippen molar-refractivity contribution in [2.45, 2.75) is 33.2 Å². The Morgan fingerprint density at radius 1 is 1.16 bits per heavy atom. The molecule has 2 aromatic carbocycles. The third-order valence-electron chi connectivity index (χ3n) is 4.43. The standard InChI is InChI=1S/C20H19F2NO2/c1-11-6-17-14(10-25-19(17)7-12(11)2)8-20(24)23-13(3)16-5-4-15(21)9-18(16)22/h4-7,9-10,13H,8H2,1-3H3,(H,23,24). The van der Waals surface area contributed by atoms with Crippen molar-refractivity contribution in [3.05, 3.63) is 70.5 Å². The molecule has 1 aromatic heterocycles. The first-order chi connectivity index (χ1) is 11.8. The lowest BCUT2D eigenvalue weighted by Gasteiger charge is -2.15. The molecule has 3 nitrogen and oxygen atoms in total. The fourth-order valence-electron chi connectivity index (χ4n) is 2.87. The Labute approximate surface area is 144 Å². The Morgan fingerprint density at radius 2 is 1.88 bits per heavy atom. The minimum atomic E-state index is -0.673. The second-order valence-electron chi connectivity index (χ2n) is 6.33. The molecule has 1 N–H and O–H groups in total. The van der Waals surface area contributed by atoms with E-state index in [4.69, 9.17) is 4.42 Å². The minimum absolute atomic E-state index is 0.128. The molecule has 1 amide bonds. The molecule has 130 valence electrons. The van der Waals surface area contributed by atoms with Gasteiger partial charge < -0.3 is 9.73 Å². The zero-order valence-electron chi connectivity index (χ0n) is 14.3. The molecule has 0 saturated heterocycles. The van der Waals surface area contributed by atoms with Gasteiger partial charge in [0.25, 0.3) is 0 Å². The summed E-state index contributed by atoms with van der Waals surface area (Å²) in [7, 11) is 0. The van der Waals surface area contributed by atoms with Gasteiger partial charge in [-0.15, -0.1) is 0 Å². The molecule has 0 spiro atoms. The molecule has 0 aliphatic carbocycles. The lowest BCUT2D eigenvalue weighted by Crippen LogP contribution is -2.28. The lowest BCUT2D eigenvalue weighted by atomic mass is 10.0. The van der Waals surface area contributed by atoms with E-state index >= 15 is 0 Å². The maximum atomic E-state index is 13.8. The minimum Gasteiger partial charge on any atom is -0.464 e. The van der Waals surface area contributed by atoms with Crippen LogP contribution < -0.4 is 5.32 Å². The van der Waals surface area contributed by atoms with Crippen molar-refractivity contribution in [2.24, 2.45) is 0 Å². The lowest BCUT2D eigenvalue weighted by molar-refractivity contribution is -0.121. The first-order valence-electron chi connectivity index (χ1n) is 8.07. The van der Waals surface area contributed by atoms with Crippen molar-refractivity contribution in [3.63, 3.8) is 0 Å². The van der Waals surface area contributed by atoms with Crippen molar-refractivity contribution in [3.8, 4) is 0 Å². The molecule has 1 heterocycles. The molecule has 3 aromatic rings. The zero-order chi connectivity index (χ0) is 18.1. The molecule has 0 aliphatic rings. The second-order valence-corrected chi connectivity index (χ2v) is 6.33. The third kappa shape index (κ3) is 3.55. The highest BCUT2D eigenvalue weighted by atomic mass is 19.1. The van der Waals surface area contributed by atoms with E-state index < -0.39 is 17.7 Å². The van der Waals surface area contributed by atoms with Gasteiger partial charge in [0, 0.05) is 22.6 Å². The van der Waals surface area contributed by atoms with Gasteiger partial charge in [-0.3, -0.25) is 4.79 Å². The van der Waals surface area contributed by atoms with E-state index in [2.05, 4.69) is 5.32 Å². The van der Waals surface area contributed by atoms with Gasteiger partial charge in [-0.05, 0) is 50.1 Å². The number of hydrogen-bond donors (Lipinski definition) is 1. The van der Waals surface area contributed by atoms with Crippen LogP contribution in [0.2, 0.25) is 0 Å². The number of rotatable bonds is 4. The Kier molecular flexibility index (Phi) is 4.57. The molecule has 0 saturated carbocycles. The van der Waals surface area contributed by atoms with Crippen LogP contribution >= 0.6 is 0 Å². The monoisotopic (exact) mass is 343 g/mol. The van der Waals surface area contributed by atoms with Gasteiger partial charge in [0.1, 0.15) is 17.2 Å². The van der Waals surface area contributed by atoms with E-state index in [9.17, 15) is 13.6 Å². The Balaban J connectivity index is 1.75. The van der Waals surface area contributed by atoms with Crippen LogP contribution in [0.15, 0.2) is 41.0 Å². The molecule has 0 fully saturated rings. The van der Waals surface area contributed by atoms with Gasteiger partial charge in [-0.1, -0.05) is 6.07 Å². The number of fused-ring (bicyclic) bond motifs is 1. The summed E-state index contributed by atoms with van der Waals surface area (Å²) in [6, 6.07) is 6.72. The van der Waals surface area contributed by atoms with Crippen LogP contribution in [0.3, 0.4) is 0 Å². The van der Waals surface area contributed by atoms with Gasteiger partial charge in [0.05, 0.1) is 18.7 Å². The number of nitrogens with one attached hydrogen (secondary N) is 1. The maximum Gasteiger partial charge on any atom is 0.225 e. The van der Waals surface area contributed by atoms with E-state index in [0.717, 1.165) is 33.7 Å². The van der Waals surface area contributed by atoms with Crippen molar-refractivity contribution in [1.29, 1.82) is 0 Å². The molecular formula is C20H19F2NO2. The van der Waals surface area contributed by atoms with E-state index in [0.29, 0.717) is 0 Å². The maximum absolute atomic E-state index is 13.8. The summed E-state index contributed by atoms with van der Waals surface area (Å²) in [6.45, 7) is 5.67. The summed E-state index contributed by atoms with van der Waals surface area (Å²) in [5, 5.41) is 3.64. The number of hydrogen-bond acceptors (Lipinski definition) is 2. The highest BCUT2D eigenvalue weighted by Crippen LogP contribution is 2.25. The Bertz CT molecular complexity index is 946. The number of benzene rings is 2. The number of aryl methyl sites for hydroxylation is 2. The van der Waals surface area contributed by atoms with Crippen molar-refractivity contribution >= 4 is 16.9 Å². The topological polar surface area (TPSA) is 42.2 Å². The van der Waals surface area contributed by atoms with Gasteiger partial charge in [-0.2, -0.15) is 0 Å². The molecule has 1 atom stereocenters. The zero-order valence-corrected chi connectivity index (χ0v) is 14.3. The summed E-state index contributed by atoms with van der Waals surface area (Å²) in [5.41, 5.74) is 4.01. The van der Waals surface area contributed by atoms with Gasteiger partial charge in [-0.25, -0.2) is 8.78 Å². The van der Waals surface area contributed by atoms with Gasteiger partial charge >= 0.3 is 0 Å². The molecule has 25 heavy (non-hydrogen) atoms. The molecule has 1 unspecified atom stereocenters. The third-order valence-corrected chi connectivity index (χ3v) is 4.43. The summed E-state index contributed by atoms with van der Waals surface area (Å²) in [6.07, 6.45) is 1.70. The van der Waals surface area contributed by atoms with E-state index in [1.807, 2.05) is 26.0 Å². The van der Waals surface area contributed by atoms with E-state index in [1.54, 1.807) is 13.2 Å². The number of halogens is 2. The summed E-state index contributed by atoms with van der Waals surface area (Å²) in [4.78, 5) is 12.3. The number of carbonyl (C=O) groups is 1. The fourth-order valence-corrected chi connectivity index (χ4v) is 2.87.